The maximum absolute atomic E-state index is 13.4. The molecule has 0 amide bonds. The van der Waals surface area contributed by atoms with E-state index >= 15 is 0 Å². The predicted octanol–water partition coefficient (Wildman–Crippen LogP) is 2.33. The van der Waals surface area contributed by atoms with E-state index < -0.39 is 6.17 Å². The van der Waals surface area contributed by atoms with E-state index in [1.807, 2.05) is 0 Å². The van der Waals surface area contributed by atoms with E-state index in [9.17, 15) is 4.39 Å². The van der Waals surface area contributed by atoms with Crippen molar-refractivity contribution in [1.29, 1.82) is 0 Å². The summed E-state index contributed by atoms with van der Waals surface area (Å²) in [6, 6.07) is 3.14. The van der Waals surface area contributed by atoms with E-state index in [2.05, 4.69) is 0 Å². The van der Waals surface area contributed by atoms with Crippen LogP contribution in [0.15, 0.2) is 12.1 Å². The maximum Gasteiger partial charge on any atom is 0.179 e. The summed E-state index contributed by atoms with van der Waals surface area (Å²) in [7, 11) is 2.94. The summed E-state index contributed by atoms with van der Waals surface area (Å²) in [5.74, 6) is 0.795. The highest BCUT2D eigenvalue weighted by molar-refractivity contribution is 6.33. The summed E-state index contributed by atoms with van der Waals surface area (Å²) in [5.41, 5.74) is 5.55. The van der Waals surface area contributed by atoms with Crippen LogP contribution in [0.5, 0.6) is 11.5 Å². The number of benzene rings is 1. The first-order chi connectivity index (χ1) is 7.15. The van der Waals surface area contributed by atoms with Crippen LogP contribution in [0, 0.1) is 0 Å². The minimum atomic E-state index is -1.29. The molecule has 0 aromatic heterocycles. The van der Waals surface area contributed by atoms with Crippen LogP contribution in [-0.2, 0) is 0 Å². The smallest absolute Gasteiger partial charge is 0.179 e. The third-order valence-electron chi connectivity index (χ3n) is 2.06. The topological polar surface area (TPSA) is 44.5 Å². The van der Waals surface area contributed by atoms with Crippen molar-refractivity contribution in [1.82, 2.24) is 0 Å². The molecule has 1 unspecified atom stereocenters. The molecule has 3 nitrogen and oxygen atoms in total. The van der Waals surface area contributed by atoms with Gasteiger partial charge in [0.25, 0.3) is 0 Å². The lowest BCUT2D eigenvalue weighted by Gasteiger charge is -2.14. The van der Waals surface area contributed by atoms with Gasteiger partial charge in [-0.25, -0.2) is 4.39 Å². The zero-order chi connectivity index (χ0) is 11.4. The molecule has 1 rings (SSSR count). The SMILES string of the molecule is COc1ccc(C(F)CN)c(Cl)c1OC. The van der Waals surface area contributed by atoms with E-state index in [1.54, 1.807) is 12.1 Å². The molecule has 0 saturated carbocycles. The minimum absolute atomic E-state index is 0.116. The fraction of sp³-hybridized carbons (Fsp3) is 0.400. The van der Waals surface area contributed by atoms with Crippen LogP contribution in [0.3, 0.4) is 0 Å². The molecule has 0 aliphatic rings. The lowest BCUT2D eigenvalue weighted by Crippen LogP contribution is -2.08. The molecule has 5 heteroatoms. The Bertz CT molecular complexity index is 346. The Labute approximate surface area is 92.9 Å². The minimum Gasteiger partial charge on any atom is -0.493 e. The lowest BCUT2D eigenvalue weighted by atomic mass is 10.1. The van der Waals surface area contributed by atoms with Gasteiger partial charge >= 0.3 is 0 Å². The highest BCUT2D eigenvalue weighted by Gasteiger charge is 2.18. The average Bonchev–Trinajstić information content (AvgIpc) is 2.27. The number of nitrogens with two attached hydrogens (primary N) is 1. The lowest BCUT2D eigenvalue weighted by molar-refractivity contribution is 0.340. The monoisotopic (exact) mass is 233 g/mol. The van der Waals surface area contributed by atoms with E-state index in [0.29, 0.717) is 17.1 Å². The second-order valence-corrected chi connectivity index (χ2v) is 3.29. The van der Waals surface area contributed by atoms with Crippen LogP contribution in [0.4, 0.5) is 4.39 Å². The first-order valence-corrected chi connectivity index (χ1v) is 4.78. The molecule has 84 valence electrons. The summed E-state index contributed by atoms with van der Waals surface area (Å²) in [6.07, 6.45) is -1.29. The van der Waals surface area contributed by atoms with Crippen molar-refractivity contribution in [2.45, 2.75) is 6.17 Å². The Balaban J connectivity index is 3.22. The first kappa shape index (κ1) is 12.1. The Hall–Kier alpha value is -1.00. The van der Waals surface area contributed by atoms with Crippen molar-refractivity contribution in [2.75, 3.05) is 20.8 Å². The molecule has 15 heavy (non-hydrogen) atoms. The van der Waals surface area contributed by atoms with Crippen LogP contribution < -0.4 is 15.2 Å². The molecule has 0 radical (unpaired) electrons. The normalized spacial score (nSPS) is 12.3. The summed E-state index contributed by atoms with van der Waals surface area (Å²) >= 11 is 5.97. The number of halogens is 2. The highest BCUT2D eigenvalue weighted by atomic mass is 35.5. The zero-order valence-corrected chi connectivity index (χ0v) is 9.34. The Morgan fingerprint density at radius 1 is 1.40 bits per heavy atom. The second kappa shape index (κ2) is 5.19. The third kappa shape index (κ3) is 2.33. The van der Waals surface area contributed by atoms with E-state index in [1.165, 1.54) is 14.2 Å². The molecule has 0 saturated heterocycles. The molecule has 0 fully saturated rings. The molecule has 1 atom stereocenters. The van der Waals surface area contributed by atoms with Gasteiger partial charge in [-0.05, 0) is 6.07 Å². The maximum atomic E-state index is 13.4. The number of hydrogen-bond acceptors (Lipinski definition) is 3. The van der Waals surface area contributed by atoms with Gasteiger partial charge in [0.2, 0.25) is 0 Å². The van der Waals surface area contributed by atoms with Crippen molar-refractivity contribution in [3.63, 3.8) is 0 Å². The van der Waals surface area contributed by atoms with E-state index in [4.69, 9.17) is 26.8 Å². The van der Waals surface area contributed by atoms with E-state index in [0.717, 1.165) is 0 Å². The van der Waals surface area contributed by atoms with E-state index in [-0.39, 0.29) is 11.6 Å². The molecule has 0 aliphatic carbocycles. The molecule has 0 spiro atoms. The van der Waals surface area contributed by atoms with Gasteiger partial charge in [-0.2, -0.15) is 0 Å². The standard InChI is InChI=1S/C10H13ClFNO2/c1-14-8-4-3-6(7(12)5-13)9(11)10(8)15-2/h3-4,7H,5,13H2,1-2H3. The van der Waals surface area contributed by atoms with Crippen LogP contribution >= 0.6 is 11.6 Å². The van der Waals surface area contributed by atoms with Crippen LogP contribution in [0.25, 0.3) is 0 Å². The van der Waals surface area contributed by atoms with Gasteiger partial charge in [-0.15, -0.1) is 0 Å². The van der Waals surface area contributed by atoms with Gasteiger partial charge < -0.3 is 15.2 Å². The number of alkyl halides is 1. The molecule has 1 aromatic rings. The van der Waals surface area contributed by atoms with Crippen LogP contribution in [0.2, 0.25) is 5.02 Å². The highest BCUT2D eigenvalue weighted by Crippen LogP contribution is 2.40. The van der Waals surface area contributed by atoms with Crippen molar-refractivity contribution in [3.05, 3.63) is 22.7 Å². The van der Waals surface area contributed by atoms with Gasteiger partial charge in [0.05, 0.1) is 19.2 Å². The van der Waals surface area contributed by atoms with Crippen molar-refractivity contribution in [2.24, 2.45) is 5.73 Å². The molecule has 0 bridgehead atoms. The molecular weight excluding hydrogens is 221 g/mol. The molecular formula is C10H13ClFNO2. The summed E-state index contributed by atoms with van der Waals surface area (Å²) in [6.45, 7) is -0.116. The largest absolute Gasteiger partial charge is 0.493 e. The van der Waals surface area contributed by atoms with Crippen molar-refractivity contribution >= 4 is 11.6 Å². The first-order valence-electron chi connectivity index (χ1n) is 4.40. The zero-order valence-electron chi connectivity index (χ0n) is 8.59. The Kier molecular flexibility index (Phi) is 4.17. The Morgan fingerprint density at radius 2 is 2.07 bits per heavy atom. The third-order valence-corrected chi connectivity index (χ3v) is 2.45. The number of methoxy groups -OCH3 is 2. The van der Waals surface area contributed by atoms with Crippen molar-refractivity contribution < 1.29 is 13.9 Å². The number of hydrogen-bond donors (Lipinski definition) is 1. The molecule has 0 aliphatic heterocycles. The molecule has 2 N–H and O–H groups in total. The van der Waals surface area contributed by atoms with Crippen LogP contribution in [0.1, 0.15) is 11.7 Å². The average molecular weight is 234 g/mol. The second-order valence-electron chi connectivity index (χ2n) is 2.91. The Morgan fingerprint density at radius 3 is 2.53 bits per heavy atom. The summed E-state index contributed by atoms with van der Waals surface area (Å²) < 4.78 is 23.4. The quantitative estimate of drug-likeness (QED) is 0.868. The molecule has 1 aromatic carbocycles. The van der Waals surface area contributed by atoms with Gasteiger partial charge in [0.15, 0.2) is 11.5 Å². The van der Waals surface area contributed by atoms with Crippen molar-refractivity contribution in [3.8, 4) is 11.5 Å². The fourth-order valence-corrected chi connectivity index (χ4v) is 1.63. The van der Waals surface area contributed by atoms with Gasteiger partial charge in [-0.3, -0.25) is 0 Å². The molecule has 0 heterocycles. The fourth-order valence-electron chi connectivity index (χ4n) is 1.27. The van der Waals surface area contributed by atoms with Gasteiger partial charge in [0, 0.05) is 12.1 Å². The van der Waals surface area contributed by atoms with Crippen LogP contribution in [-0.4, -0.2) is 20.8 Å². The number of rotatable bonds is 4. The van der Waals surface area contributed by atoms with Gasteiger partial charge in [-0.1, -0.05) is 17.7 Å². The van der Waals surface area contributed by atoms with Gasteiger partial charge in [0.1, 0.15) is 6.17 Å². The predicted molar refractivity (Wildman–Crippen MR) is 57.5 cm³/mol. The summed E-state index contributed by atoms with van der Waals surface area (Å²) in [5, 5.41) is 0.204. The summed E-state index contributed by atoms with van der Waals surface area (Å²) in [4.78, 5) is 0. The number of ether oxygens (including phenoxy) is 2.